The highest BCUT2D eigenvalue weighted by molar-refractivity contribution is 5.74. The van der Waals surface area contributed by atoms with E-state index in [1.807, 2.05) is 24.4 Å². The molecule has 3 rings (SSSR count). The fraction of sp³-hybridized carbons (Fsp3) is 0.478. The summed E-state index contributed by atoms with van der Waals surface area (Å²) in [6.07, 6.45) is 8.93. The van der Waals surface area contributed by atoms with Gasteiger partial charge in [0.25, 0.3) is 0 Å². The number of rotatable bonds is 7. The van der Waals surface area contributed by atoms with E-state index in [0.29, 0.717) is 6.54 Å². The van der Waals surface area contributed by atoms with Gasteiger partial charge >= 0.3 is 6.03 Å². The topological polar surface area (TPSA) is 57.3 Å². The van der Waals surface area contributed by atoms with E-state index in [-0.39, 0.29) is 12.1 Å². The Bertz CT molecular complexity index is 709. The Morgan fingerprint density at radius 3 is 2.46 bits per heavy atom. The van der Waals surface area contributed by atoms with Crippen molar-refractivity contribution in [1.82, 2.24) is 15.6 Å². The van der Waals surface area contributed by atoms with E-state index in [9.17, 15) is 4.79 Å². The number of carbonyl (C=O) groups is 1. The third-order valence-electron chi connectivity index (χ3n) is 5.28. The highest BCUT2D eigenvalue weighted by Gasteiger charge is 2.14. The van der Waals surface area contributed by atoms with Crippen molar-refractivity contribution in [2.45, 2.75) is 58.0 Å². The largest absolute Gasteiger partial charge is 0.357 e. The Balaban J connectivity index is 1.50. The zero-order valence-corrected chi connectivity index (χ0v) is 16.9. The maximum absolute atomic E-state index is 12.4. The van der Waals surface area contributed by atoms with Crippen LogP contribution >= 0.6 is 0 Å². The highest BCUT2D eigenvalue weighted by atomic mass is 16.2. The molecule has 1 aliphatic heterocycles. The zero-order chi connectivity index (χ0) is 19.6. The molecule has 0 spiro atoms. The SMILES string of the molecule is CCCC(NC(=O)NCc1ccc(N2CCCCCC2)nc1)c1ccccc1. The van der Waals surface area contributed by atoms with Gasteiger partial charge in [0, 0.05) is 25.8 Å². The quantitative estimate of drug-likeness (QED) is 0.725. The standard InChI is InChI=1S/C23H32N4O/c1-2-10-21(20-11-6-5-7-12-20)26-23(28)25-18-19-13-14-22(24-17-19)27-15-8-3-4-9-16-27/h5-7,11-14,17,21H,2-4,8-10,15-16,18H2,1H3,(H2,25,26,28). The molecule has 0 radical (unpaired) electrons. The number of anilines is 1. The molecule has 2 amide bonds. The van der Waals surface area contributed by atoms with Gasteiger partial charge in [0.2, 0.25) is 0 Å². The average Bonchev–Trinajstić information content (AvgIpc) is 3.03. The molecular weight excluding hydrogens is 348 g/mol. The molecule has 2 aromatic rings. The third kappa shape index (κ3) is 5.98. The summed E-state index contributed by atoms with van der Waals surface area (Å²) in [7, 11) is 0. The number of benzene rings is 1. The monoisotopic (exact) mass is 380 g/mol. The van der Waals surface area contributed by atoms with Crippen LogP contribution in [0.15, 0.2) is 48.7 Å². The summed E-state index contributed by atoms with van der Waals surface area (Å²) in [5.41, 5.74) is 2.16. The van der Waals surface area contributed by atoms with Gasteiger partial charge in [-0.25, -0.2) is 9.78 Å². The second-order valence-electron chi connectivity index (χ2n) is 7.50. The maximum Gasteiger partial charge on any atom is 0.315 e. The Hall–Kier alpha value is -2.56. The minimum Gasteiger partial charge on any atom is -0.357 e. The van der Waals surface area contributed by atoms with Crippen LogP contribution in [0.5, 0.6) is 0 Å². The number of nitrogens with one attached hydrogen (secondary N) is 2. The van der Waals surface area contributed by atoms with Gasteiger partial charge in [-0.1, -0.05) is 62.6 Å². The number of pyridine rings is 1. The first-order chi connectivity index (χ1) is 13.8. The molecule has 0 aliphatic carbocycles. The van der Waals surface area contributed by atoms with Crippen LogP contribution in [0.2, 0.25) is 0 Å². The minimum atomic E-state index is -0.140. The first-order valence-corrected chi connectivity index (χ1v) is 10.6. The first-order valence-electron chi connectivity index (χ1n) is 10.6. The number of hydrogen-bond donors (Lipinski definition) is 2. The molecule has 1 fully saturated rings. The van der Waals surface area contributed by atoms with E-state index in [4.69, 9.17) is 0 Å². The molecule has 5 heteroatoms. The van der Waals surface area contributed by atoms with Crippen molar-refractivity contribution in [1.29, 1.82) is 0 Å². The lowest BCUT2D eigenvalue weighted by Gasteiger charge is -2.21. The van der Waals surface area contributed by atoms with E-state index in [0.717, 1.165) is 42.9 Å². The van der Waals surface area contributed by atoms with Crippen LogP contribution < -0.4 is 15.5 Å². The van der Waals surface area contributed by atoms with E-state index in [1.54, 1.807) is 0 Å². The molecule has 1 unspecified atom stereocenters. The summed E-state index contributed by atoms with van der Waals surface area (Å²) >= 11 is 0. The van der Waals surface area contributed by atoms with E-state index < -0.39 is 0 Å². The molecule has 0 saturated carbocycles. The Morgan fingerprint density at radius 2 is 1.82 bits per heavy atom. The van der Waals surface area contributed by atoms with Crippen molar-refractivity contribution >= 4 is 11.8 Å². The third-order valence-corrected chi connectivity index (χ3v) is 5.28. The molecule has 2 heterocycles. The molecule has 28 heavy (non-hydrogen) atoms. The van der Waals surface area contributed by atoms with E-state index in [1.165, 1.54) is 25.7 Å². The zero-order valence-electron chi connectivity index (χ0n) is 16.9. The summed E-state index contributed by atoms with van der Waals surface area (Å²) in [4.78, 5) is 19.4. The van der Waals surface area contributed by atoms with Crippen molar-refractivity contribution in [3.8, 4) is 0 Å². The molecular formula is C23H32N4O. The summed E-state index contributed by atoms with van der Waals surface area (Å²) < 4.78 is 0. The van der Waals surface area contributed by atoms with Crippen molar-refractivity contribution in [2.75, 3.05) is 18.0 Å². The summed E-state index contributed by atoms with van der Waals surface area (Å²) in [5, 5.41) is 6.06. The van der Waals surface area contributed by atoms with Gasteiger partial charge < -0.3 is 15.5 Å². The number of urea groups is 1. The molecule has 0 bridgehead atoms. The predicted octanol–water partition coefficient (Wildman–Crippen LogP) is 4.80. The van der Waals surface area contributed by atoms with Crippen LogP contribution in [-0.4, -0.2) is 24.1 Å². The smallest absolute Gasteiger partial charge is 0.315 e. The lowest BCUT2D eigenvalue weighted by Crippen LogP contribution is -2.37. The van der Waals surface area contributed by atoms with Crippen LogP contribution in [0.1, 0.15) is 62.6 Å². The van der Waals surface area contributed by atoms with Gasteiger partial charge in [-0.2, -0.15) is 0 Å². The first kappa shape index (κ1) is 20.2. The predicted molar refractivity (Wildman–Crippen MR) is 114 cm³/mol. The minimum absolute atomic E-state index is 0.0368. The lowest BCUT2D eigenvalue weighted by molar-refractivity contribution is 0.236. The van der Waals surface area contributed by atoms with Crippen LogP contribution in [0.4, 0.5) is 10.6 Å². The summed E-state index contributed by atoms with van der Waals surface area (Å²) in [5.74, 6) is 1.04. The maximum atomic E-state index is 12.4. The molecule has 150 valence electrons. The fourth-order valence-electron chi connectivity index (χ4n) is 3.70. The normalized spacial score (nSPS) is 15.5. The molecule has 1 aromatic carbocycles. The molecule has 1 saturated heterocycles. The van der Waals surface area contributed by atoms with Crippen LogP contribution in [0, 0.1) is 0 Å². The Morgan fingerprint density at radius 1 is 1.07 bits per heavy atom. The lowest BCUT2D eigenvalue weighted by atomic mass is 10.0. The van der Waals surface area contributed by atoms with Gasteiger partial charge in [-0.05, 0) is 36.5 Å². The van der Waals surface area contributed by atoms with E-state index in [2.05, 4.69) is 51.7 Å². The van der Waals surface area contributed by atoms with Gasteiger partial charge in [-0.15, -0.1) is 0 Å². The van der Waals surface area contributed by atoms with Crippen molar-refractivity contribution in [3.05, 3.63) is 59.8 Å². The van der Waals surface area contributed by atoms with Gasteiger partial charge in [0.15, 0.2) is 0 Å². The second-order valence-corrected chi connectivity index (χ2v) is 7.50. The average molecular weight is 381 g/mol. The number of hydrogen-bond acceptors (Lipinski definition) is 3. The Kier molecular flexibility index (Phi) is 7.71. The molecule has 1 aromatic heterocycles. The number of amides is 2. The summed E-state index contributed by atoms with van der Waals surface area (Å²) in [6.45, 7) is 4.79. The van der Waals surface area contributed by atoms with Crippen LogP contribution in [0.3, 0.4) is 0 Å². The Labute approximate surface area is 168 Å². The molecule has 1 atom stereocenters. The number of aromatic nitrogens is 1. The summed E-state index contributed by atoms with van der Waals surface area (Å²) in [6, 6.07) is 14.2. The second kappa shape index (κ2) is 10.7. The van der Waals surface area contributed by atoms with Gasteiger partial charge in [0.1, 0.15) is 5.82 Å². The molecule has 1 aliphatic rings. The fourth-order valence-corrected chi connectivity index (χ4v) is 3.70. The van der Waals surface area contributed by atoms with Gasteiger partial charge in [0.05, 0.1) is 6.04 Å². The molecule has 2 N–H and O–H groups in total. The van der Waals surface area contributed by atoms with Gasteiger partial charge in [-0.3, -0.25) is 0 Å². The molecule has 5 nitrogen and oxygen atoms in total. The van der Waals surface area contributed by atoms with Crippen LogP contribution in [0.25, 0.3) is 0 Å². The van der Waals surface area contributed by atoms with Crippen LogP contribution in [-0.2, 0) is 6.54 Å². The number of nitrogens with zero attached hydrogens (tertiary/aromatic N) is 2. The highest BCUT2D eigenvalue weighted by Crippen LogP contribution is 2.19. The van der Waals surface area contributed by atoms with Crippen molar-refractivity contribution < 1.29 is 4.79 Å². The van der Waals surface area contributed by atoms with E-state index >= 15 is 0 Å². The van der Waals surface area contributed by atoms with Crippen molar-refractivity contribution in [2.24, 2.45) is 0 Å². The number of carbonyl (C=O) groups excluding carboxylic acids is 1. The van der Waals surface area contributed by atoms with Crippen molar-refractivity contribution in [3.63, 3.8) is 0 Å².